The van der Waals surface area contributed by atoms with E-state index in [2.05, 4.69) is 33.8 Å². The fourth-order valence-corrected chi connectivity index (χ4v) is 0.355. The van der Waals surface area contributed by atoms with Gasteiger partial charge in [0.2, 0.25) is 0 Å². The van der Waals surface area contributed by atoms with E-state index in [1.807, 2.05) is 6.42 Å². The Labute approximate surface area is 101 Å². The first-order chi connectivity index (χ1) is 6.77. The van der Waals surface area contributed by atoms with Crippen molar-refractivity contribution in [3.05, 3.63) is 46.1 Å². The Balaban J connectivity index is -0.0000000410. The fourth-order valence-electron chi connectivity index (χ4n) is 0.355. The minimum Gasteiger partial charge on any atom is -0.303 e. The van der Waals surface area contributed by atoms with Crippen molar-refractivity contribution in [3.8, 4) is 0 Å². The minimum atomic E-state index is 0. The zero-order valence-electron chi connectivity index (χ0n) is 7.97. The maximum absolute atomic E-state index is 9.72. The molecule has 0 aliphatic carbocycles. The molecule has 0 aliphatic rings. The van der Waals surface area contributed by atoms with E-state index in [1.54, 1.807) is 0 Å². The maximum atomic E-state index is 9.72. The minimum absolute atomic E-state index is 0. The molecule has 0 rings (SSSR count). The second-order valence-corrected chi connectivity index (χ2v) is 1.61. The molecule has 0 aromatic rings. The van der Waals surface area contributed by atoms with E-state index in [9.17, 15) is 4.79 Å². The normalized spacial score (nSPS) is 5.67. The molecule has 0 amide bonds. The van der Waals surface area contributed by atoms with Gasteiger partial charge in [-0.15, -0.1) is 0 Å². The number of unbranched alkanes of at least 4 members (excludes halogenated alkanes) is 1. The van der Waals surface area contributed by atoms with Crippen molar-refractivity contribution in [2.24, 2.45) is 0 Å². The Morgan fingerprint density at radius 2 is 1.33 bits per heavy atom. The standard InChI is InChI=1S/C7H10O.3CO.Fe/c1-7(2)5-3-4-6-8;3*1-2;/h5-6H,1-4H2;;;;. The first kappa shape index (κ1) is 29.3. The van der Waals surface area contributed by atoms with Crippen LogP contribution in [0.3, 0.4) is 0 Å². The smallest absolute Gasteiger partial charge is 0.120 e. The van der Waals surface area contributed by atoms with Crippen molar-refractivity contribution in [2.45, 2.75) is 12.8 Å². The van der Waals surface area contributed by atoms with Crippen molar-refractivity contribution in [1.29, 1.82) is 0 Å². The van der Waals surface area contributed by atoms with Crippen LogP contribution in [0.25, 0.3) is 0 Å². The van der Waals surface area contributed by atoms with Crippen LogP contribution in [0.15, 0.2) is 0 Å². The van der Waals surface area contributed by atoms with Gasteiger partial charge < -0.3 is 4.79 Å². The SMILES string of the molecule is [C-]#[O+].[C-]#[O+].[C-]#[O+].[CH2][C]([CH2])[CH]CCC=O.[Fe]. The van der Waals surface area contributed by atoms with Crippen LogP contribution in [0.4, 0.5) is 0 Å². The molecule has 0 N–H and O–H groups in total. The first-order valence-corrected chi connectivity index (χ1v) is 3.16. The Hall–Kier alpha value is -0.591. The molecule has 0 saturated heterocycles. The Morgan fingerprint density at radius 3 is 1.53 bits per heavy atom. The number of rotatable bonds is 4. The summed E-state index contributed by atoms with van der Waals surface area (Å²) in [6, 6.07) is 0. The van der Waals surface area contributed by atoms with Crippen LogP contribution in [0.2, 0.25) is 0 Å². The summed E-state index contributed by atoms with van der Waals surface area (Å²) in [4.78, 5) is 9.72. The molecule has 0 unspecified atom stereocenters. The largest absolute Gasteiger partial charge is 0.303 e. The summed E-state index contributed by atoms with van der Waals surface area (Å²) in [5, 5.41) is 0. The van der Waals surface area contributed by atoms with Crippen LogP contribution in [0, 0.1) is 46.1 Å². The number of hydrogen-bond donors (Lipinski definition) is 0. The molecule has 0 saturated carbocycles. The summed E-state index contributed by atoms with van der Waals surface area (Å²) in [5.74, 6) is 0.784. The van der Waals surface area contributed by atoms with Crippen molar-refractivity contribution < 1.29 is 35.8 Å². The van der Waals surface area contributed by atoms with Crippen LogP contribution in [-0.4, -0.2) is 6.29 Å². The van der Waals surface area contributed by atoms with E-state index in [1.165, 1.54) is 0 Å². The topological polar surface area (TPSA) is 76.8 Å². The van der Waals surface area contributed by atoms with E-state index in [-0.39, 0.29) is 17.1 Å². The monoisotopic (exact) mass is 250 g/mol. The van der Waals surface area contributed by atoms with Gasteiger partial charge in [-0.25, -0.2) is 0 Å². The van der Waals surface area contributed by atoms with E-state index in [0.717, 1.165) is 18.6 Å². The van der Waals surface area contributed by atoms with Crippen LogP contribution >= 0.6 is 0 Å². The van der Waals surface area contributed by atoms with Gasteiger partial charge in [0.05, 0.1) is 0 Å². The molecule has 0 fully saturated rings. The third-order valence-corrected chi connectivity index (χ3v) is 0.718. The molecule has 0 bridgehead atoms. The van der Waals surface area contributed by atoms with E-state index in [4.69, 9.17) is 14.0 Å². The summed E-state index contributed by atoms with van der Waals surface area (Å²) < 4.78 is 22.5. The molecule has 4 radical (unpaired) electrons. The Morgan fingerprint density at radius 1 is 1.00 bits per heavy atom. The molecule has 0 heterocycles. The van der Waals surface area contributed by atoms with E-state index in [0.29, 0.717) is 6.42 Å². The second-order valence-electron chi connectivity index (χ2n) is 1.61. The number of carbonyl (C=O) groups excluding carboxylic acids is 1. The van der Waals surface area contributed by atoms with Crippen molar-refractivity contribution in [3.63, 3.8) is 0 Å². The molecule has 82 valence electrons. The summed E-state index contributed by atoms with van der Waals surface area (Å²) in [7, 11) is 0. The van der Waals surface area contributed by atoms with Gasteiger partial charge in [0.25, 0.3) is 0 Å². The van der Waals surface area contributed by atoms with Gasteiger partial charge >= 0.3 is 33.9 Å². The number of carbonyl (C=O) groups is 1. The molecule has 0 aromatic heterocycles. The third-order valence-electron chi connectivity index (χ3n) is 0.718. The molecule has 5 heteroatoms. The quantitative estimate of drug-likeness (QED) is 0.243. The molecule has 0 spiro atoms. The van der Waals surface area contributed by atoms with Gasteiger partial charge in [-0.05, 0) is 32.6 Å². The van der Waals surface area contributed by atoms with Crippen LogP contribution in [-0.2, 0) is 35.8 Å². The Kier molecular flexibility index (Phi) is 98.1. The van der Waals surface area contributed by atoms with Gasteiger partial charge in [0, 0.05) is 23.5 Å². The molecule has 0 atom stereocenters. The van der Waals surface area contributed by atoms with Crippen molar-refractivity contribution in [1.82, 2.24) is 0 Å². The van der Waals surface area contributed by atoms with E-state index >= 15 is 0 Å². The van der Waals surface area contributed by atoms with Crippen LogP contribution in [0.5, 0.6) is 0 Å². The third kappa shape index (κ3) is 89.8. The predicted molar refractivity (Wildman–Crippen MR) is 45.3 cm³/mol. The van der Waals surface area contributed by atoms with Crippen LogP contribution in [0.1, 0.15) is 12.8 Å². The zero-order chi connectivity index (χ0) is 12.4. The molecular formula is C10H10FeO4. The average molecular weight is 250 g/mol. The van der Waals surface area contributed by atoms with Crippen LogP contribution < -0.4 is 0 Å². The summed E-state index contributed by atoms with van der Waals surface area (Å²) in [6.45, 7) is 20.6. The Bertz CT molecular complexity index is 135. The summed E-state index contributed by atoms with van der Waals surface area (Å²) in [5.41, 5.74) is 0. The molecule has 4 nitrogen and oxygen atoms in total. The second kappa shape index (κ2) is 50.3. The van der Waals surface area contributed by atoms with Gasteiger partial charge in [0.15, 0.2) is 0 Å². The molecular weight excluding hydrogens is 240 g/mol. The molecule has 0 aliphatic heterocycles. The average Bonchev–Trinajstić information content (AvgIpc) is 2.27. The maximum Gasteiger partial charge on any atom is 0.120 e. The molecule has 0 aromatic carbocycles. The summed E-state index contributed by atoms with van der Waals surface area (Å²) in [6.07, 6.45) is 4.08. The van der Waals surface area contributed by atoms with Gasteiger partial charge in [-0.1, -0.05) is 0 Å². The number of hydrogen-bond acceptors (Lipinski definition) is 1. The fraction of sp³-hybridized carbons (Fsp3) is 0.200. The van der Waals surface area contributed by atoms with Crippen molar-refractivity contribution >= 4 is 6.29 Å². The van der Waals surface area contributed by atoms with Gasteiger partial charge in [-0.3, -0.25) is 0 Å². The van der Waals surface area contributed by atoms with Crippen molar-refractivity contribution in [2.75, 3.05) is 0 Å². The first-order valence-electron chi connectivity index (χ1n) is 3.16. The number of aldehydes is 1. The van der Waals surface area contributed by atoms with Gasteiger partial charge in [0.1, 0.15) is 6.29 Å². The van der Waals surface area contributed by atoms with Gasteiger partial charge in [-0.2, -0.15) is 0 Å². The molecule has 15 heavy (non-hydrogen) atoms. The predicted octanol–water partition coefficient (Wildman–Crippen LogP) is 1.30. The summed E-state index contributed by atoms with van der Waals surface area (Å²) >= 11 is 0. The van der Waals surface area contributed by atoms with E-state index < -0.39 is 0 Å². The zero-order valence-corrected chi connectivity index (χ0v) is 9.07.